The third-order valence-corrected chi connectivity index (χ3v) is 4.00. The fraction of sp³-hybridized carbons (Fsp3) is 0.421. The highest BCUT2D eigenvalue weighted by molar-refractivity contribution is 5.46. The van der Waals surface area contributed by atoms with Gasteiger partial charge < -0.3 is 9.15 Å². The van der Waals surface area contributed by atoms with E-state index in [4.69, 9.17) is 9.15 Å². The SMILES string of the molecule is C/C(=C\c1ccco1)CN(Cc1ccccn1)C[C@@H]1CCCO1. The highest BCUT2D eigenvalue weighted by atomic mass is 16.5. The molecule has 4 heteroatoms. The molecule has 0 aliphatic carbocycles. The minimum absolute atomic E-state index is 0.343. The van der Waals surface area contributed by atoms with E-state index in [1.165, 1.54) is 12.0 Å². The lowest BCUT2D eigenvalue weighted by Gasteiger charge is -2.25. The van der Waals surface area contributed by atoms with Crippen LogP contribution in [0.2, 0.25) is 0 Å². The smallest absolute Gasteiger partial charge is 0.126 e. The summed E-state index contributed by atoms with van der Waals surface area (Å²) in [5.41, 5.74) is 2.37. The maximum atomic E-state index is 5.81. The lowest BCUT2D eigenvalue weighted by molar-refractivity contribution is 0.0735. The van der Waals surface area contributed by atoms with Crippen LogP contribution in [0.15, 0.2) is 52.8 Å². The Morgan fingerprint density at radius 1 is 1.35 bits per heavy atom. The maximum Gasteiger partial charge on any atom is 0.126 e. The summed E-state index contributed by atoms with van der Waals surface area (Å²) in [6, 6.07) is 9.96. The standard InChI is InChI=1S/C19H24N2O2/c1-16(12-18-7-4-10-22-18)13-21(15-19-8-5-11-23-19)14-17-6-2-3-9-20-17/h2-4,6-7,9-10,12,19H,5,8,11,13-15H2,1H3/b16-12+/t19-/m0/s1. The van der Waals surface area contributed by atoms with Crippen molar-refractivity contribution in [2.75, 3.05) is 19.7 Å². The van der Waals surface area contributed by atoms with Crippen molar-refractivity contribution in [2.45, 2.75) is 32.4 Å². The fourth-order valence-electron chi connectivity index (χ4n) is 3.00. The number of rotatable bonds is 7. The largest absolute Gasteiger partial charge is 0.465 e. The molecule has 1 saturated heterocycles. The van der Waals surface area contributed by atoms with Gasteiger partial charge in [-0.1, -0.05) is 11.6 Å². The predicted molar refractivity (Wildman–Crippen MR) is 90.8 cm³/mol. The molecule has 23 heavy (non-hydrogen) atoms. The Kier molecular flexibility index (Phi) is 5.61. The van der Waals surface area contributed by atoms with Gasteiger partial charge in [0.1, 0.15) is 5.76 Å². The molecule has 0 saturated carbocycles. The third-order valence-electron chi connectivity index (χ3n) is 4.00. The first-order valence-corrected chi connectivity index (χ1v) is 8.24. The van der Waals surface area contributed by atoms with E-state index in [1.54, 1.807) is 6.26 Å². The van der Waals surface area contributed by atoms with Gasteiger partial charge in [0.05, 0.1) is 18.1 Å². The van der Waals surface area contributed by atoms with E-state index >= 15 is 0 Å². The molecule has 4 nitrogen and oxygen atoms in total. The Labute approximate surface area is 137 Å². The van der Waals surface area contributed by atoms with E-state index in [2.05, 4.69) is 29.0 Å². The molecule has 3 heterocycles. The number of nitrogens with zero attached hydrogens (tertiary/aromatic N) is 2. The average Bonchev–Trinajstić information content (AvgIpc) is 3.22. The van der Waals surface area contributed by atoms with Crippen LogP contribution in [0.5, 0.6) is 0 Å². The second-order valence-electron chi connectivity index (χ2n) is 6.13. The zero-order valence-corrected chi connectivity index (χ0v) is 13.6. The zero-order chi connectivity index (χ0) is 15.9. The van der Waals surface area contributed by atoms with Gasteiger partial charge in [-0.15, -0.1) is 0 Å². The van der Waals surface area contributed by atoms with Crippen LogP contribution in [0.3, 0.4) is 0 Å². The van der Waals surface area contributed by atoms with E-state index in [-0.39, 0.29) is 0 Å². The lowest BCUT2D eigenvalue weighted by atomic mass is 10.2. The van der Waals surface area contributed by atoms with Gasteiger partial charge in [-0.25, -0.2) is 0 Å². The van der Waals surface area contributed by atoms with Crippen LogP contribution in [-0.4, -0.2) is 35.7 Å². The highest BCUT2D eigenvalue weighted by Gasteiger charge is 2.19. The van der Waals surface area contributed by atoms with Crippen molar-refractivity contribution in [2.24, 2.45) is 0 Å². The van der Waals surface area contributed by atoms with Gasteiger partial charge in [0.15, 0.2) is 0 Å². The molecule has 2 aromatic heterocycles. The monoisotopic (exact) mass is 312 g/mol. The van der Waals surface area contributed by atoms with Crippen molar-refractivity contribution >= 4 is 6.08 Å². The van der Waals surface area contributed by atoms with Gasteiger partial charge in [-0.2, -0.15) is 0 Å². The van der Waals surface area contributed by atoms with Crippen molar-refractivity contribution in [3.05, 3.63) is 59.8 Å². The van der Waals surface area contributed by atoms with Crippen LogP contribution < -0.4 is 0 Å². The zero-order valence-electron chi connectivity index (χ0n) is 13.6. The van der Waals surface area contributed by atoms with Crippen molar-refractivity contribution in [1.29, 1.82) is 0 Å². The normalized spacial score (nSPS) is 18.7. The molecule has 1 aliphatic rings. The second kappa shape index (κ2) is 8.09. The van der Waals surface area contributed by atoms with E-state index < -0.39 is 0 Å². The maximum absolute atomic E-state index is 5.81. The lowest BCUT2D eigenvalue weighted by Crippen LogP contribution is -2.33. The molecule has 1 fully saturated rings. The molecule has 0 aromatic carbocycles. The van der Waals surface area contributed by atoms with Gasteiger partial charge in [-0.3, -0.25) is 9.88 Å². The highest BCUT2D eigenvalue weighted by Crippen LogP contribution is 2.16. The first kappa shape index (κ1) is 16.0. The Balaban J connectivity index is 1.66. The average molecular weight is 312 g/mol. The summed E-state index contributed by atoms with van der Waals surface area (Å²) < 4.78 is 11.2. The minimum atomic E-state index is 0.343. The molecular weight excluding hydrogens is 288 g/mol. The van der Waals surface area contributed by atoms with Crippen molar-refractivity contribution < 1.29 is 9.15 Å². The molecule has 0 N–H and O–H groups in total. The molecule has 0 bridgehead atoms. The Bertz CT molecular complexity index is 602. The minimum Gasteiger partial charge on any atom is -0.465 e. The summed E-state index contributed by atoms with van der Waals surface area (Å²) in [5, 5.41) is 0. The molecule has 0 radical (unpaired) electrons. The van der Waals surface area contributed by atoms with E-state index in [0.717, 1.165) is 44.1 Å². The third kappa shape index (κ3) is 5.05. The molecule has 0 unspecified atom stereocenters. The fourth-order valence-corrected chi connectivity index (χ4v) is 3.00. The molecule has 3 rings (SSSR count). The molecule has 0 spiro atoms. The van der Waals surface area contributed by atoms with Gasteiger partial charge in [-0.05, 0) is 50.1 Å². The second-order valence-corrected chi connectivity index (χ2v) is 6.13. The Morgan fingerprint density at radius 3 is 3.00 bits per heavy atom. The molecule has 0 amide bonds. The quantitative estimate of drug-likeness (QED) is 0.780. The van der Waals surface area contributed by atoms with Gasteiger partial charge >= 0.3 is 0 Å². The van der Waals surface area contributed by atoms with Crippen LogP contribution in [0.25, 0.3) is 6.08 Å². The summed E-state index contributed by atoms with van der Waals surface area (Å²) in [6.45, 7) is 5.70. The number of ether oxygens (including phenoxy) is 1. The van der Waals surface area contributed by atoms with E-state index in [0.29, 0.717) is 6.10 Å². The molecule has 1 atom stereocenters. The van der Waals surface area contributed by atoms with Crippen LogP contribution in [0.4, 0.5) is 0 Å². The summed E-state index contributed by atoms with van der Waals surface area (Å²) in [4.78, 5) is 6.87. The first-order chi connectivity index (χ1) is 11.3. The van der Waals surface area contributed by atoms with Crippen LogP contribution >= 0.6 is 0 Å². The van der Waals surface area contributed by atoms with Gasteiger partial charge in [0, 0.05) is 32.4 Å². The Morgan fingerprint density at radius 2 is 2.30 bits per heavy atom. The van der Waals surface area contributed by atoms with E-state index in [9.17, 15) is 0 Å². The molecule has 2 aromatic rings. The van der Waals surface area contributed by atoms with Gasteiger partial charge in [0.2, 0.25) is 0 Å². The number of hydrogen-bond acceptors (Lipinski definition) is 4. The van der Waals surface area contributed by atoms with Crippen molar-refractivity contribution in [3.63, 3.8) is 0 Å². The predicted octanol–water partition coefficient (Wildman–Crippen LogP) is 3.76. The van der Waals surface area contributed by atoms with E-state index in [1.807, 2.05) is 30.5 Å². The number of aromatic nitrogens is 1. The summed E-state index contributed by atoms with van der Waals surface area (Å²) in [5.74, 6) is 0.900. The van der Waals surface area contributed by atoms with Crippen molar-refractivity contribution in [1.82, 2.24) is 9.88 Å². The van der Waals surface area contributed by atoms with Crippen LogP contribution in [-0.2, 0) is 11.3 Å². The number of pyridine rings is 1. The van der Waals surface area contributed by atoms with Crippen molar-refractivity contribution in [3.8, 4) is 0 Å². The van der Waals surface area contributed by atoms with Gasteiger partial charge in [0.25, 0.3) is 0 Å². The Hall–Kier alpha value is -1.91. The first-order valence-electron chi connectivity index (χ1n) is 8.24. The summed E-state index contributed by atoms with van der Waals surface area (Å²) >= 11 is 0. The summed E-state index contributed by atoms with van der Waals surface area (Å²) in [6.07, 6.45) is 8.32. The molecule has 1 aliphatic heterocycles. The van der Waals surface area contributed by atoms with Crippen LogP contribution in [0.1, 0.15) is 31.2 Å². The molecular formula is C19H24N2O2. The topological polar surface area (TPSA) is 38.5 Å². The number of furan rings is 1. The molecule has 122 valence electrons. The number of hydrogen-bond donors (Lipinski definition) is 0. The summed E-state index contributed by atoms with van der Waals surface area (Å²) in [7, 11) is 0. The van der Waals surface area contributed by atoms with Crippen LogP contribution in [0, 0.1) is 0 Å².